The Morgan fingerprint density at radius 3 is 2.29 bits per heavy atom. The second-order valence-electron chi connectivity index (χ2n) is 4.60. The van der Waals surface area contributed by atoms with Crippen molar-refractivity contribution in [3.63, 3.8) is 0 Å². The van der Waals surface area contributed by atoms with Crippen LogP contribution in [-0.4, -0.2) is 37.0 Å². The maximum Gasteiger partial charge on any atom is 0.251 e. The minimum atomic E-state index is -0.897. The van der Waals surface area contributed by atoms with E-state index in [4.69, 9.17) is 5.84 Å². The maximum absolute atomic E-state index is 13.5. The second kappa shape index (κ2) is 8.53. The number of carbonyl (C=O) groups excluding carboxylic acids is 1. The molecule has 1 amide bonds. The van der Waals surface area contributed by atoms with Gasteiger partial charge in [-0.2, -0.15) is 0 Å². The number of halogens is 2. The number of nitrogens with one attached hydrogen (secondary N) is 2. The lowest BCUT2D eigenvalue weighted by Crippen LogP contribution is -2.30. The van der Waals surface area contributed by atoms with Gasteiger partial charge < -0.3 is 15.6 Å². The topological polar surface area (TPSA) is 70.4 Å². The smallest absolute Gasteiger partial charge is 0.251 e. The van der Waals surface area contributed by atoms with E-state index in [2.05, 4.69) is 24.1 Å². The van der Waals surface area contributed by atoms with Crippen molar-refractivity contribution in [1.82, 2.24) is 10.2 Å². The van der Waals surface area contributed by atoms with Crippen LogP contribution in [0.2, 0.25) is 0 Å². The number of hydrogen-bond donors (Lipinski definition) is 3. The van der Waals surface area contributed by atoms with Crippen molar-refractivity contribution in [1.29, 1.82) is 0 Å². The summed E-state index contributed by atoms with van der Waals surface area (Å²) >= 11 is 0. The average Bonchev–Trinajstić information content (AvgIpc) is 2.46. The van der Waals surface area contributed by atoms with Crippen molar-refractivity contribution in [2.75, 3.05) is 31.6 Å². The van der Waals surface area contributed by atoms with Crippen LogP contribution in [0.5, 0.6) is 0 Å². The monoisotopic (exact) mass is 300 g/mol. The van der Waals surface area contributed by atoms with Crippen LogP contribution in [0.3, 0.4) is 0 Å². The average molecular weight is 300 g/mol. The third-order valence-electron chi connectivity index (χ3n) is 3.28. The van der Waals surface area contributed by atoms with Crippen LogP contribution >= 0.6 is 0 Å². The number of carbonyl (C=O) groups is 1. The highest BCUT2D eigenvalue weighted by Crippen LogP contribution is 2.19. The summed E-state index contributed by atoms with van der Waals surface area (Å²) < 4.78 is 27.0. The number of nitrogens with zero attached hydrogens (tertiary/aromatic N) is 1. The number of hydrazine groups is 1. The quantitative estimate of drug-likeness (QED) is 0.388. The highest BCUT2D eigenvalue weighted by molar-refractivity contribution is 5.94. The molecule has 0 heterocycles. The maximum atomic E-state index is 13.5. The lowest BCUT2D eigenvalue weighted by Gasteiger charge is -2.17. The number of rotatable bonds is 8. The van der Waals surface area contributed by atoms with Crippen LogP contribution < -0.4 is 16.6 Å². The van der Waals surface area contributed by atoms with E-state index < -0.39 is 23.2 Å². The standard InChI is InChI=1S/C14H22F2N4O/c1-3-20(4-2)7-5-6-18-14(21)10-8-11(15)13(19-17)12(16)9-10/h8-9,19H,3-7,17H2,1-2H3,(H,18,21). The molecule has 1 aromatic carbocycles. The molecular weight excluding hydrogens is 278 g/mol. The highest BCUT2D eigenvalue weighted by Gasteiger charge is 2.14. The van der Waals surface area contributed by atoms with E-state index >= 15 is 0 Å². The minimum absolute atomic E-state index is 0.0631. The molecule has 0 spiro atoms. The van der Waals surface area contributed by atoms with Gasteiger partial charge in [-0.25, -0.2) is 8.78 Å². The number of nitrogen functional groups attached to an aromatic ring is 1. The number of anilines is 1. The van der Waals surface area contributed by atoms with Crippen molar-refractivity contribution in [3.8, 4) is 0 Å². The summed E-state index contributed by atoms with van der Waals surface area (Å²) in [6.07, 6.45) is 0.779. The van der Waals surface area contributed by atoms with Gasteiger partial charge >= 0.3 is 0 Å². The van der Waals surface area contributed by atoms with Crippen molar-refractivity contribution >= 4 is 11.6 Å². The molecule has 0 aliphatic heterocycles. The SMILES string of the molecule is CCN(CC)CCCNC(=O)c1cc(F)c(NN)c(F)c1. The van der Waals surface area contributed by atoms with E-state index in [0.717, 1.165) is 38.2 Å². The molecule has 0 aliphatic rings. The highest BCUT2D eigenvalue weighted by atomic mass is 19.1. The van der Waals surface area contributed by atoms with E-state index in [1.165, 1.54) is 0 Å². The van der Waals surface area contributed by atoms with Crippen LogP contribution in [0.1, 0.15) is 30.6 Å². The van der Waals surface area contributed by atoms with E-state index in [0.29, 0.717) is 6.54 Å². The molecule has 21 heavy (non-hydrogen) atoms. The van der Waals surface area contributed by atoms with Crippen LogP contribution in [0.4, 0.5) is 14.5 Å². The summed E-state index contributed by atoms with van der Waals surface area (Å²) in [4.78, 5) is 14.1. The van der Waals surface area contributed by atoms with Gasteiger partial charge in [-0.1, -0.05) is 13.8 Å². The van der Waals surface area contributed by atoms with Crippen LogP contribution in [-0.2, 0) is 0 Å². The first-order chi connectivity index (χ1) is 10.0. The summed E-state index contributed by atoms with van der Waals surface area (Å²) in [6.45, 7) is 7.37. The van der Waals surface area contributed by atoms with Crippen molar-refractivity contribution in [2.24, 2.45) is 5.84 Å². The van der Waals surface area contributed by atoms with Crippen molar-refractivity contribution in [3.05, 3.63) is 29.3 Å². The number of nitrogens with two attached hydrogens (primary N) is 1. The lowest BCUT2D eigenvalue weighted by atomic mass is 10.1. The Kier molecular flexibility index (Phi) is 7.04. The van der Waals surface area contributed by atoms with Gasteiger partial charge in [-0.05, 0) is 38.2 Å². The third kappa shape index (κ3) is 4.95. The molecule has 118 valence electrons. The van der Waals surface area contributed by atoms with Crippen molar-refractivity contribution in [2.45, 2.75) is 20.3 Å². The summed E-state index contributed by atoms with van der Waals surface area (Å²) in [5.74, 6) is 2.70. The largest absolute Gasteiger partial charge is 0.352 e. The van der Waals surface area contributed by atoms with Gasteiger partial charge in [0.2, 0.25) is 0 Å². The van der Waals surface area contributed by atoms with Crippen molar-refractivity contribution < 1.29 is 13.6 Å². The molecule has 0 aliphatic carbocycles. The first kappa shape index (κ1) is 17.3. The van der Waals surface area contributed by atoms with E-state index in [9.17, 15) is 13.6 Å². The molecule has 1 rings (SSSR count). The molecular formula is C14H22F2N4O. The second-order valence-corrected chi connectivity index (χ2v) is 4.60. The predicted octanol–water partition coefficient (Wildman–Crippen LogP) is 1.71. The lowest BCUT2D eigenvalue weighted by molar-refractivity contribution is 0.0951. The normalized spacial score (nSPS) is 10.8. The molecule has 0 saturated carbocycles. The fourth-order valence-corrected chi connectivity index (χ4v) is 1.99. The van der Waals surface area contributed by atoms with Gasteiger partial charge in [-0.3, -0.25) is 10.6 Å². The van der Waals surface area contributed by atoms with E-state index in [-0.39, 0.29) is 5.56 Å². The summed E-state index contributed by atoms with van der Waals surface area (Å²) in [6, 6.07) is 1.91. The predicted molar refractivity (Wildman–Crippen MR) is 78.9 cm³/mol. The van der Waals surface area contributed by atoms with Gasteiger partial charge in [0, 0.05) is 12.1 Å². The molecule has 0 fully saturated rings. The molecule has 0 aromatic heterocycles. The van der Waals surface area contributed by atoms with E-state index in [1.807, 2.05) is 5.43 Å². The molecule has 7 heteroatoms. The molecule has 0 saturated heterocycles. The first-order valence-corrected chi connectivity index (χ1v) is 6.99. The van der Waals surface area contributed by atoms with Gasteiger partial charge in [0.1, 0.15) is 5.69 Å². The fourth-order valence-electron chi connectivity index (χ4n) is 1.99. The third-order valence-corrected chi connectivity index (χ3v) is 3.28. The first-order valence-electron chi connectivity index (χ1n) is 6.99. The zero-order valence-corrected chi connectivity index (χ0v) is 12.4. The Hall–Kier alpha value is -1.73. The Morgan fingerprint density at radius 2 is 1.81 bits per heavy atom. The number of benzene rings is 1. The van der Waals surface area contributed by atoms with Gasteiger partial charge in [0.05, 0.1) is 0 Å². The molecule has 0 bridgehead atoms. The van der Waals surface area contributed by atoms with E-state index in [1.54, 1.807) is 0 Å². The van der Waals surface area contributed by atoms with Crippen LogP contribution in [0, 0.1) is 11.6 Å². The Labute approximate surface area is 123 Å². The molecule has 0 radical (unpaired) electrons. The zero-order chi connectivity index (χ0) is 15.8. The molecule has 5 nitrogen and oxygen atoms in total. The molecule has 1 aromatic rings. The number of hydrogen-bond acceptors (Lipinski definition) is 4. The minimum Gasteiger partial charge on any atom is -0.352 e. The summed E-state index contributed by atoms with van der Waals surface area (Å²) in [7, 11) is 0. The fraction of sp³-hybridized carbons (Fsp3) is 0.500. The zero-order valence-electron chi connectivity index (χ0n) is 12.4. The summed E-state index contributed by atoms with van der Waals surface area (Å²) in [5.41, 5.74) is 1.41. The Bertz CT molecular complexity index is 455. The van der Waals surface area contributed by atoms with Gasteiger partial charge in [0.15, 0.2) is 11.6 Å². The van der Waals surface area contributed by atoms with Gasteiger partial charge in [0.25, 0.3) is 5.91 Å². The molecule has 0 unspecified atom stereocenters. The van der Waals surface area contributed by atoms with Crippen LogP contribution in [0.15, 0.2) is 12.1 Å². The summed E-state index contributed by atoms with van der Waals surface area (Å²) in [5, 5.41) is 2.64. The number of amides is 1. The van der Waals surface area contributed by atoms with Gasteiger partial charge in [-0.15, -0.1) is 0 Å². The molecule has 4 N–H and O–H groups in total. The Morgan fingerprint density at radius 1 is 1.24 bits per heavy atom. The Balaban J connectivity index is 2.53. The van der Waals surface area contributed by atoms with Crippen LogP contribution in [0.25, 0.3) is 0 Å². The molecule has 0 atom stereocenters.